The molecule has 1 N–H and O–H groups in total. The van der Waals surface area contributed by atoms with Gasteiger partial charge in [0.05, 0.1) is 14.2 Å². The fraction of sp³-hybridized carbons (Fsp3) is 0.571. The van der Waals surface area contributed by atoms with Gasteiger partial charge in [-0.25, -0.2) is 0 Å². The molecule has 1 atom stereocenters. The van der Waals surface area contributed by atoms with Gasteiger partial charge in [0.2, 0.25) is 0 Å². The summed E-state index contributed by atoms with van der Waals surface area (Å²) in [4.78, 5) is 2.44. The molecule has 100 valence electrons. The summed E-state index contributed by atoms with van der Waals surface area (Å²) >= 11 is 0. The predicted molar refractivity (Wildman–Crippen MR) is 73.8 cm³/mol. The highest BCUT2D eigenvalue weighted by molar-refractivity contribution is 5.57. The zero-order valence-corrected chi connectivity index (χ0v) is 11.4. The Labute approximate surface area is 109 Å². The molecular formula is C14H22N2O2. The average molecular weight is 250 g/mol. The molecular weight excluding hydrogens is 228 g/mol. The Morgan fingerprint density at radius 2 is 2.06 bits per heavy atom. The van der Waals surface area contributed by atoms with Crippen LogP contribution < -0.4 is 19.7 Å². The van der Waals surface area contributed by atoms with Gasteiger partial charge in [-0.05, 0) is 18.6 Å². The first-order valence-electron chi connectivity index (χ1n) is 6.49. The Hall–Kier alpha value is -1.42. The zero-order chi connectivity index (χ0) is 13.0. The summed E-state index contributed by atoms with van der Waals surface area (Å²) in [5.74, 6) is 1.58. The molecule has 0 aliphatic carbocycles. The van der Waals surface area contributed by atoms with Gasteiger partial charge < -0.3 is 19.7 Å². The van der Waals surface area contributed by atoms with Crippen molar-refractivity contribution in [3.8, 4) is 11.5 Å². The lowest BCUT2D eigenvalue weighted by molar-refractivity contribution is 0.354. The second kappa shape index (κ2) is 5.96. The van der Waals surface area contributed by atoms with Crippen molar-refractivity contribution in [1.82, 2.24) is 5.32 Å². The van der Waals surface area contributed by atoms with Crippen LogP contribution in [0.2, 0.25) is 0 Å². The summed E-state index contributed by atoms with van der Waals surface area (Å²) in [7, 11) is 3.34. The number of rotatable bonds is 4. The van der Waals surface area contributed by atoms with E-state index in [1.54, 1.807) is 14.2 Å². The van der Waals surface area contributed by atoms with Crippen LogP contribution in [-0.2, 0) is 0 Å². The third kappa shape index (κ3) is 2.53. The molecule has 1 aliphatic heterocycles. The molecule has 0 spiro atoms. The number of hydrogen-bond acceptors (Lipinski definition) is 4. The Morgan fingerprint density at radius 1 is 1.28 bits per heavy atom. The predicted octanol–water partition coefficient (Wildman–Crippen LogP) is 1.89. The lowest BCUT2D eigenvalue weighted by atomic mass is 10.1. The van der Waals surface area contributed by atoms with Crippen LogP contribution in [0, 0.1) is 0 Å². The molecule has 1 aliphatic rings. The van der Waals surface area contributed by atoms with Gasteiger partial charge in [0.15, 0.2) is 11.5 Å². The van der Waals surface area contributed by atoms with Crippen LogP contribution in [0.25, 0.3) is 0 Å². The van der Waals surface area contributed by atoms with E-state index < -0.39 is 0 Å². The van der Waals surface area contributed by atoms with Gasteiger partial charge in [0.1, 0.15) is 0 Å². The van der Waals surface area contributed by atoms with Crippen LogP contribution >= 0.6 is 0 Å². The average Bonchev–Trinajstić information content (AvgIpc) is 2.46. The van der Waals surface area contributed by atoms with Crippen molar-refractivity contribution < 1.29 is 9.47 Å². The molecule has 4 heteroatoms. The van der Waals surface area contributed by atoms with Gasteiger partial charge in [-0.2, -0.15) is 0 Å². The van der Waals surface area contributed by atoms with E-state index in [4.69, 9.17) is 9.47 Å². The van der Waals surface area contributed by atoms with Crippen molar-refractivity contribution in [2.24, 2.45) is 0 Å². The van der Waals surface area contributed by atoms with E-state index in [2.05, 4.69) is 29.3 Å². The molecule has 4 nitrogen and oxygen atoms in total. The van der Waals surface area contributed by atoms with E-state index in [0.717, 1.165) is 37.6 Å². The third-order valence-electron chi connectivity index (χ3n) is 3.52. The van der Waals surface area contributed by atoms with Crippen molar-refractivity contribution >= 4 is 5.69 Å². The third-order valence-corrected chi connectivity index (χ3v) is 3.52. The number of ether oxygens (including phenoxy) is 2. The topological polar surface area (TPSA) is 33.7 Å². The number of piperazine rings is 1. The Morgan fingerprint density at radius 3 is 2.72 bits per heavy atom. The maximum Gasteiger partial charge on any atom is 0.162 e. The molecule has 2 rings (SSSR count). The summed E-state index contributed by atoms with van der Waals surface area (Å²) in [6.45, 7) is 5.34. The van der Waals surface area contributed by atoms with Crippen LogP contribution in [-0.4, -0.2) is 39.9 Å². The number of hydrogen-bond donors (Lipinski definition) is 1. The van der Waals surface area contributed by atoms with Crippen molar-refractivity contribution in [2.45, 2.75) is 19.4 Å². The van der Waals surface area contributed by atoms with E-state index >= 15 is 0 Å². The molecule has 0 aromatic heterocycles. The van der Waals surface area contributed by atoms with Crippen molar-refractivity contribution in [3.05, 3.63) is 18.2 Å². The largest absolute Gasteiger partial charge is 0.493 e. The molecule has 1 heterocycles. The van der Waals surface area contributed by atoms with Gasteiger partial charge in [-0.15, -0.1) is 0 Å². The number of benzene rings is 1. The van der Waals surface area contributed by atoms with Gasteiger partial charge in [-0.3, -0.25) is 0 Å². The summed E-state index contributed by atoms with van der Waals surface area (Å²) < 4.78 is 10.6. The van der Waals surface area contributed by atoms with E-state index in [9.17, 15) is 0 Å². The van der Waals surface area contributed by atoms with Gasteiger partial charge >= 0.3 is 0 Å². The SMILES string of the molecule is CCC1CNCCN1c1ccc(OC)c(OC)c1. The van der Waals surface area contributed by atoms with Crippen molar-refractivity contribution in [1.29, 1.82) is 0 Å². The highest BCUT2D eigenvalue weighted by Gasteiger charge is 2.21. The maximum atomic E-state index is 5.37. The van der Waals surface area contributed by atoms with Gasteiger partial charge in [-0.1, -0.05) is 6.92 Å². The standard InChI is InChI=1S/C14H22N2O2/c1-4-11-10-15-7-8-16(11)12-5-6-13(17-2)14(9-12)18-3/h5-6,9,11,15H,4,7-8,10H2,1-3H3. The minimum Gasteiger partial charge on any atom is -0.493 e. The molecule has 1 fully saturated rings. The highest BCUT2D eigenvalue weighted by atomic mass is 16.5. The Balaban J connectivity index is 2.26. The zero-order valence-electron chi connectivity index (χ0n) is 11.4. The number of nitrogens with one attached hydrogen (secondary N) is 1. The van der Waals surface area contributed by atoms with Crippen molar-refractivity contribution in [2.75, 3.05) is 38.8 Å². The summed E-state index contributed by atoms with van der Waals surface area (Å²) in [6, 6.07) is 6.70. The molecule has 0 radical (unpaired) electrons. The minimum absolute atomic E-state index is 0.553. The van der Waals surface area contributed by atoms with Crippen LogP contribution in [0.15, 0.2) is 18.2 Å². The van der Waals surface area contributed by atoms with Crippen molar-refractivity contribution in [3.63, 3.8) is 0 Å². The van der Waals surface area contributed by atoms with E-state index in [0.29, 0.717) is 6.04 Å². The molecule has 0 bridgehead atoms. The molecule has 0 amide bonds. The van der Waals surface area contributed by atoms with Crippen LogP contribution in [0.3, 0.4) is 0 Å². The number of nitrogens with zero attached hydrogens (tertiary/aromatic N) is 1. The lowest BCUT2D eigenvalue weighted by Crippen LogP contribution is -2.51. The molecule has 1 aromatic carbocycles. The first-order chi connectivity index (χ1) is 8.80. The number of anilines is 1. The van der Waals surface area contributed by atoms with E-state index in [-0.39, 0.29) is 0 Å². The first kappa shape index (κ1) is 13.0. The van der Waals surface area contributed by atoms with Crippen LogP contribution in [0.5, 0.6) is 11.5 Å². The fourth-order valence-corrected chi connectivity index (χ4v) is 2.47. The van der Waals surface area contributed by atoms with Gasteiger partial charge in [0.25, 0.3) is 0 Å². The molecule has 18 heavy (non-hydrogen) atoms. The maximum absolute atomic E-state index is 5.37. The Kier molecular flexibility index (Phi) is 4.31. The van der Waals surface area contributed by atoms with Gasteiger partial charge in [0, 0.05) is 37.4 Å². The van der Waals surface area contributed by atoms with Crippen LogP contribution in [0.1, 0.15) is 13.3 Å². The second-order valence-electron chi connectivity index (χ2n) is 4.50. The molecule has 0 saturated carbocycles. The lowest BCUT2D eigenvalue weighted by Gasteiger charge is -2.37. The summed E-state index contributed by atoms with van der Waals surface area (Å²) in [6.07, 6.45) is 1.14. The molecule has 1 aromatic rings. The fourth-order valence-electron chi connectivity index (χ4n) is 2.47. The molecule has 1 saturated heterocycles. The normalized spacial score (nSPS) is 19.7. The highest BCUT2D eigenvalue weighted by Crippen LogP contribution is 2.32. The monoisotopic (exact) mass is 250 g/mol. The van der Waals surface area contributed by atoms with E-state index in [1.165, 1.54) is 5.69 Å². The summed E-state index contributed by atoms with van der Waals surface area (Å²) in [5.41, 5.74) is 1.21. The van der Waals surface area contributed by atoms with E-state index in [1.807, 2.05) is 6.07 Å². The smallest absolute Gasteiger partial charge is 0.162 e. The number of methoxy groups -OCH3 is 2. The summed E-state index contributed by atoms with van der Waals surface area (Å²) in [5, 5.41) is 3.44. The first-order valence-corrected chi connectivity index (χ1v) is 6.49. The van der Waals surface area contributed by atoms with Crippen LogP contribution in [0.4, 0.5) is 5.69 Å². The quantitative estimate of drug-likeness (QED) is 0.885. The molecule has 1 unspecified atom stereocenters. The Bertz CT molecular complexity index is 395. The minimum atomic E-state index is 0.553. The second-order valence-corrected chi connectivity index (χ2v) is 4.50.